The van der Waals surface area contributed by atoms with Crippen molar-refractivity contribution < 1.29 is 0 Å². The summed E-state index contributed by atoms with van der Waals surface area (Å²) >= 11 is 0. The maximum atomic E-state index is 5.57. The van der Waals surface area contributed by atoms with E-state index in [1.807, 2.05) is 0 Å². The summed E-state index contributed by atoms with van der Waals surface area (Å²) in [6.07, 6.45) is 3.46. The van der Waals surface area contributed by atoms with Crippen LogP contribution in [0.2, 0.25) is 0 Å². The Labute approximate surface area is 105 Å². The van der Waals surface area contributed by atoms with Crippen molar-refractivity contribution in [1.82, 2.24) is 15.2 Å². The van der Waals surface area contributed by atoms with E-state index in [9.17, 15) is 0 Å². The Morgan fingerprint density at radius 1 is 1.41 bits per heavy atom. The number of rotatable bonds is 4. The van der Waals surface area contributed by atoms with Gasteiger partial charge in [-0.15, -0.1) is 0 Å². The summed E-state index contributed by atoms with van der Waals surface area (Å²) in [7, 11) is 2.19. The van der Waals surface area contributed by atoms with E-state index in [-0.39, 0.29) is 0 Å². The second-order valence-electron chi connectivity index (χ2n) is 4.69. The van der Waals surface area contributed by atoms with Crippen molar-refractivity contribution in [1.29, 1.82) is 0 Å². The highest BCUT2D eigenvalue weighted by Crippen LogP contribution is 2.10. The number of nitrogens with zero attached hydrogens (tertiary/aromatic N) is 3. The molecule has 1 unspecified atom stereocenters. The van der Waals surface area contributed by atoms with Crippen LogP contribution in [0.15, 0.2) is 4.99 Å². The van der Waals surface area contributed by atoms with Crippen molar-refractivity contribution >= 4 is 5.96 Å². The van der Waals surface area contributed by atoms with Crippen LogP contribution in [-0.2, 0) is 0 Å². The van der Waals surface area contributed by atoms with Gasteiger partial charge in [0.15, 0.2) is 0 Å². The van der Waals surface area contributed by atoms with Gasteiger partial charge in [0.05, 0.1) is 0 Å². The van der Waals surface area contributed by atoms with E-state index in [1.165, 1.54) is 12.8 Å². The minimum atomic E-state index is 0.605. The lowest BCUT2D eigenvalue weighted by atomic mass is 10.1. The molecule has 1 fully saturated rings. The summed E-state index contributed by atoms with van der Waals surface area (Å²) in [6.45, 7) is 8.36. The second kappa shape index (κ2) is 7.50. The molecule has 0 bridgehead atoms. The smallest absolute Gasteiger partial charge is 0.208 e. The fraction of sp³-hybridized carbons (Fsp3) is 0.917. The molecule has 0 spiro atoms. The van der Waals surface area contributed by atoms with E-state index in [4.69, 9.17) is 5.84 Å². The van der Waals surface area contributed by atoms with Crippen molar-refractivity contribution in [3.05, 3.63) is 0 Å². The molecule has 0 saturated carbocycles. The van der Waals surface area contributed by atoms with Gasteiger partial charge in [-0.25, -0.2) is 5.84 Å². The molecule has 3 N–H and O–H groups in total. The first-order valence-electron chi connectivity index (χ1n) is 6.69. The van der Waals surface area contributed by atoms with Gasteiger partial charge in [0.1, 0.15) is 0 Å². The van der Waals surface area contributed by atoms with Crippen molar-refractivity contribution in [2.24, 2.45) is 10.8 Å². The maximum Gasteiger partial charge on any atom is 0.208 e. The number of hydrogen-bond donors (Lipinski definition) is 2. The number of guanidine groups is 1. The van der Waals surface area contributed by atoms with Crippen LogP contribution < -0.4 is 11.3 Å². The number of hydrogen-bond acceptors (Lipinski definition) is 3. The molecular weight excluding hydrogens is 214 g/mol. The van der Waals surface area contributed by atoms with E-state index in [0.717, 1.165) is 38.6 Å². The average molecular weight is 241 g/mol. The van der Waals surface area contributed by atoms with E-state index in [1.54, 1.807) is 0 Å². The Balaban J connectivity index is 2.54. The molecule has 17 heavy (non-hydrogen) atoms. The normalized spacial score (nSPS) is 22.9. The van der Waals surface area contributed by atoms with Crippen molar-refractivity contribution in [3.63, 3.8) is 0 Å². The molecule has 100 valence electrons. The number of aliphatic imine (C=N–C) groups is 1. The van der Waals surface area contributed by atoms with Gasteiger partial charge in [-0.3, -0.25) is 15.3 Å². The third-order valence-corrected chi connectivity index (χ3v) is 3.45. The van der Waals surface area contributed by atoms with Crippen molar-refractivity contribution in [2.45, 2.75) is 39.2 Å². The molecule has 1 heterocycles. The van der Waals surface area contributed by atoms with Gasteiger partial charge in [-0.2, -0.15) is 0 Å². The fourth-order valence-corrected chi connectivity index (χ4v) is 2.16. The molecule has 5 heteroatoms. The minimum absolute atomic E-state index is 0.605. The van der Waals surface area contributed by atoms with E-state index in [0.29, 0.717) is 6.04 Å². The highest BCUT2D eigenvalue weighted by Gasteiger charge is 2.24. The highest BCUT2D eigenvalue weighted by atomic mass is 15.4. The van der Waals surface area contributed by atoms with Gasteiger partial charge in [0.2, 0.25) is 5.96 Å². The van der Waals surface area contributed by atoms with Crippen LogP contribution in [0.4, 0.5) is 0 Å². The molecule has 0 amide bonds. The molecule has 0 radical (unpaired) electrons. The number of nitrogens with two attached hydrogens (primary N) is 1. The lowest BCUT2D eigenvalue weighted by Gasteiger charge is -2.40. The quantitative estimate of drug-likeness (QED) is 0.249. The maximum absolute atomic E-state index is 5.57. The molecule has 1 atom stereocenters. The molecular formula is C12H27N5. The molecule has 0 aromatic carbocycles. The van der Waals surface area contributed by atoms with Crippen LogP contribution in [0.5, 0.6) is 0 Å². The lowest BCUT2D eigenvalue weighted by molar-refractivity contribution is 0.135. The monoisotopic (exact) mass is 241 g/mol. The predicted octanol–water partition coefficient (Wildman–Crippen LogP) is 0.632. The number of unbranched alkanes of at least 4 members (excludes halogenated alkanes) is 1. The zero-order valence-electron chi connectivity index (χ0n) is 11.4. The third-order valence-electron chi connectivity index (χ3n) is 3.45. The van der Waals surface area contributed by atoms with Crippen LogP contribution in [0.25, 0.3) is 0 Å². The minimum Gasteiger partial charge on any atom is -0.339 e. The second-order valence-corrected chi connectivity index (χ2v) is 4.69. The average Bonchev–Trinajstić information content (AvgIpc) is 2.36. The fourth-order valence-electron chi connectivity index (χ4n) is 2.16. The van der Waals surface area contributed by atoms with Gasteiger partial charge >= 0.3 is 0 Å². The Kier molecular flexibility index (Phi) is 6.29. The number of hydrazine groups is 1. The summed E-state index contributed by atoms with van der Waals surface area (Å²) in [5.41, 5.74) is 2.75. The van der Waals surface area contributed by atoms with Crippen LogP contribution in [0.3, 0.4) is 0 Å². The number of nitrogens with one attached hydrogen (secondary N) is 1. The Hall–Kier alpha value is -0.810. The van der Waals surface area contributed by atoms with E-state index >= 15 is 0 Å². The Morgan fingerprint density at radius 3 is 2.76 bits per heavy atom. The molecule has 0 aromatic rings. The van der Waals surface area contributed by atoms with Crippen molar-refractivity contribution in [2.75, 3.05) is 33.2 Å². The standard InChI is InChI=1S/C12H27N5/c1-4-6-7-14-12(15-13)17-9-8-16(3)11(5-2)10-17/h11H,4-10,13H2,1-3H3,(H,14,15). The third kappa shape index (κ3) is 4.16. The molecule has 0 aromatic heterocycles. The lowest BCUT2D eigenvalue weighted by Crippen LogP contribution is -2.57. The van der Waals surface area contributed by atoms with E-state index in [2.05, 4.69) is 41.1 Å². The highest BCUT2D eigenvalue weighted by molar-refractivity contribution is 5.79. The summed E-state index contributed by atoms with van der Waals surface area (Å²) in [5, 5.41) is 0. The molecule has 1 saturated heterocycles. The number of likely N-dealkylation sites (N-methyl/N-ethyl adjacent to an activating group) is 1. The summed E-state index contributed by atoms with van der Waals surface area (Å²) in [5.74, 6) is 6.42. The summed E-state index contributed by atoms with van der Waals surface area (Å²) < 4.78 is 0. The van der Waals surface area contributed by atoms with Crippen LogP contribution in [0, 0.1) is 0 Å². The van der Waals surface area contributed by atoms with Gasteiger partial charge in [0, 0.05) is 32.2 Å². The zero-order chi connectivity index (χ0) is 12.7. The molecule has 0 aliphatic carbocycles. The first-order valence-corrected chi connectivity index (χ1v) is 6.69. The van der Waals surface area contributed by atoms with Gasteiger partial charge in [0.25, 0.3) is 0 Å². The molecule has 1 aliphatic heterocycles. The van der Waals surface area contributed by atoms with Gasteiger partial charge < -0.3 is 4.90 Å². The first-order chi connectivity index (χ1) is 8.22. The molecule has 1 rings (SSSR count). The molecule has 5 nitrogen and oxygen atoms in total. The zero-order valence-corrected chi connectivity index (χ0v) is 11.4. The SMILES string of the molecule is CCCCN=C(NN)N1CCN(C)C(CC)C1. The van der Waals surface area contributed by atoms with Crippen LogP contribution in [0.1, 0.15) is 33.1 Å². The van der Waals surface area contributed by atoms with Crippen molar-refractivity contribution in [3.8, 4) is 0 Å². The Morgan fingerprint density at radius 2 is 2.18 bits per heavy atom. The van der Waals surface area contributed by atoms with E-state index < -0.39 is 0 Å². The number of piperazine rings is 1. The van der Waals surface area contributed by atoms with Crippen LogP contribution >= 0.6 is 0 Å². The van der Waals surface area contributed by atoms with Gasteiger partial charge in [-0.1, -0.05) is 20.3 Å². The summed E-state index contributed by atoms with van der Waals surface area (Å²) in [4.78, 5) is 9.22. The van der Waals surface area contributed by atoms with Gasteiger partial charge in [-0.05, 0) is 19.9 Å². The molecule has 1 aliphatic rings. The first kappa shape index (κ1) is 14.3. The van der Waals surface area contributed by atoms with Crippen LogP contribution in [-0.4, -0.2) is 55.0 Å². The topological polar surface area (TPSA) is 56.9 Å². The Bertz CT molecular complexity index is 241. The largest absolute Gasteiger partial charge is 0.339 e. The summed E-state index contributed by atoms with van der Waals surface area (Å²) in [6, 6.07) is 0.605. The predicted molar refractivity (Wildman–Crippen MR) is 72.8 cm³/mol.